The minimum absolute atomic E-state index is 0.157. The van der Waals surface area contributed by atoms with E-state index in [9.17, 15) is 4.21 Å². The first-order valence-corrected chi connectivity index (χ1v) is 3.72. The third kappa shape index (κ3) is 5.87. The normalized spacial score (nSPS) is 9.62. The quantitative estimate of drug-likeness (QED) is 0.471. The van der Waals surface area contributed by atoms with E-state index in [4.69, 9.17) is 5.11 Å². The Kier molecular flexibility index (Phi) is 3.76. The maximum Gasteiger partial charge on any atom is 0.109 e. The van der Waals surface area contributed by atoms with E-state index in [-0.39, 0.29) is 12.4 Å². The number of hydrogen-bond donors (Lipinski definition) is 1. The van der Waals surface area contributed by atoms with Crippen LogP contribution < -0.4 is 0 Å². The molecule has 0 radical (unpaired) electrons. The molecule has 8 heavy (non-hydrogen) atoms. The molecule has 0 fully saturated rings. The van der Waals surface area contributed by atoms with Gasteiger partial charge in [0.1, 0.15) is 5.76 Å². The van der Waals surface area contributed by atoms with Crippen LogP contribution in [-0.4, -0.2) is 11.7 Å². The summed E-state index contributed by atoms with van der Waals surface area (Å²) in [6.45, 7) is 2.92. The minimum atomic E-state index is -1.72. The van der Waals surface area contributed by atoms with E-state index in [1.54, 1.807) is 0 Å². The standard InChI is InChI=1S/C3H5O3S2/c1-3(4)2-6-8(5)7/h4H,1-2H2/q-1. The van der Waals surface area contributed by atoms with E-state index in [0.29, 0.717) is 0 Å². The maximum absolute atomic E-state index is 9.90. The molecule has 1 N–H and O–H groups in total. The molecule has 0 amide bonds. The van der Waals surface area contributed by atoms with E-state index >= 15 is 0 Å². The van der Waals surface area contributed by atoms with Crippen molar-refractivity contribution in [3.05, 3.63) is 12.3 Å². The number of rotatable bonds is 3. The first kappa shape index (κ1) is 7.87. The van der Waals surface area contributed by atoms with Crippen LogP contribution in [0.3, 0.4) is 0 Å². The SMILES string of the molecule is C=C(O)CO[S-](=O)=S. The Bertz CT molecular complexity index is 141. The van der Waals surface area contributed by atoms with E-state index < -0.39 is 9.64 Å². The van der Waals surface area contributed by atoms with Gasteiger partial charge in [0, 0.05) is 0 Å². The molecule has 48 valence electrons. The highest BCUT2D eigenvalue weighted by molar-refractivity contribution is 8.19. The second kappa shape index (κ2) is 3.82. The Labute approximate surface area is 53.9 Å². The molecule has 0 aliphatic heterocycles. The lowest BCUT2D eigenvalue weighted by Gasteiger charge is -2.00. The van der Waals surface area contributed by atoms with Crippen LogP contribution in [0.15, 0.2) is 12.3 Å². The first-order valence-electron chi connectivity index (χ1n) is 1.72. The van der Waals surface area contributed by atoms with Crippen molar-refractivity contribution in [2.24, 2.45) is 0 Å². The highest BCUT2D eigenvalue weighted by Gasteiger charge is 1.79. The van der Waals surface area contributed by atoms with Crippen molar-refractivity contribution in [2.75, 3.05) is 6.61 Å². The van der Waals surface area contributed by atoms with Gasteiger partial charge in [-0.2, -0.15) is 0 Å². The summed E-state index contributed by atoms with van der Waals surface area (Å²) in [7, 11) is -1.72. The van der Waals surface area contributed by atoms with Gasteiger partial charge in [0.05, 0.1) is 6.61 Å². The molecular weight excluding hydrogens is 148 g/mol. The second-order valence-corrected chi connectivity index (χ2v) is 2.49. The predicted octanol–water partition coefficient (Wildman–Crippen LogP) is 0.415. The second-order valence-electron chi connectivity index (χ2n) is 1.03. The summed E-state index contributed by atoms with van der Waals surface area (Å²) in [5, 5.41) is 8.30. The van der Waals surface area contributed by atoms with Gasteiger partial charge in [-0.1, -0.05) is 16.2 Å². The molecule has 0 aromatic rings. The average Bonchev–Trinajstić information content (AvgIpc) is 1.61. The highest BCUT2D eigenvalue weighted by atomic mass is 32.8. The Hall–Kier alpha value is -0.130. The van der Waals surface area contributed by atoms with Crippen LogP contribution >= 0.6 is 0 Å². The molecule has 5 heteroatoms. The van der Waals surface area contributed by atoms with Crippen LogP contribution in [0.2, 0.25) is 0 Å². The van der Waals surface area contributed by atoms with Crippen LogP contribution in [0.5, 0.6) is 0 Å². The fourth-order valence-corrected chi connectivity index (χ4v) is 0.493. The molecule has 0 aromatic heterocycles. The molecule has 0 aliphatic rings. The van der Waals surface area contributed by atoms with Gasteiger partial charge in [0.25, 0.3) is 0 Å². The van der Waals surface area contributed by atoms with Crippen molar-refractivity contribution in [3.63, 3.8) is 0 Å². The Morgan fingerprint density at radius 3 is 2.62 bits per heavy atom. The molecule has 0 heterocycles. The first-order chi connectivity index (χ1) is 3.63. The lowest BCUT2D eigenvalue weighted by Crippen LogP contribution is -1.92. The molecule has 0 saturated heterocycles. The summed E-state index contributed by atoms with van der Waals surface area (Å²) in [6.07, 6.45) is 0. The molecule has 0 aromatic carbocycles. The molecule has 0 unspecified atom stereocenters. The summed E-state index contributed by atoms with van der Waals surface area (Å²) < 4.78 is 14.1. The summed E-state index contributed by atoms with van der Waals surface area (Å²) in [5.74, 6) is -0.178. The molecule has 0 aliphatic carbocycles. The molecule has 0 saturated carbocycles. The molecule has 0 bridgehead atoms. The van der Waals surface area contributed by atoms with Gasteiger partial charge in [0.15, 0.2) is 0 Å². The average molecular weight is 153 g/mol. The Balaban J connectivity index is 3.32. The summed E-state index contributed by atoms with van der Waals surface area (Å²) in [4.78, 5) is 0. The molecule has 0 spiro atoms. The van der Waals surface area contributed by atoms with Crippen LogP contribution in [0.4, 0.5) is 0 Å². The maximum atomic E-state index is 9.90. The van der Waals surface area contributed by atoms with Crippen molar-refractivity contribution in [3.8, 4) is 0 Å². The largest absolute Gasteiger partial charge is 0.511 e. The zero-order chi connectivity index (χ0) is 6.57. The van der Waals surface area contributed by atoms with Gasteiger partial charge in [-0.15, -0.1) is 0 Å². The summed E-state index contributed by atoms with van der Waals surface area (Å²) in [6, 6.07) is 0. The van der Waals surface area contributed by atoms with Gasteiger partial charge in [0.2, 0.25) is 0 Å². The van der Waals surface area contributed by atoms with Gasteiger partial charge < -0.3 is 13.5 Å². The van der Waals surface area contributed by atoms with Gasteiger partial charge in [-0.3, -0.25) is 0 Å². The van der Waals surface area contributed by atoms with Crippen molar-refractivity contribution in [1.29, 1.82) is 0 Å². The predicted molar refractivity (Wildman–Crippen MR) is 33.1 cm³/mol. The zero-order valence-corrected chi connectivity index (χ0v) is 5.63. The van der Waals surface area contributed by atoms with Crippen LogP contribution in [0.1, 0.15) is 0 Å². The topological polar surface area (TPSA) is 46.5 Å². The van der Waals surface area contributed by atoms with E-state index in [1.807, 2.05) is 0 Å². The lowest BCUT2D eigenvalue weighted by molar-refractivity contribution is 0.292. The van der Waals surface area contributed by atoms with E-state index in [2.05, 4.69) is 22.0 Å². The fourth-order valence-electron chi connectivity index (χ4n) is 0.116. The fraction of sp³-hybridized carbons (Fsp3) is 0.333. The molecular formula is C3H5O3S2-. The van der Waals surface area contributed by atoms with Crippen molar-refractivity contribution in [2.45, 2.75) is 0 Å². The van der Waals surface area contributed by atoms with Crippen molar-refractivity contribution < 1.29 is 13.5 Å². The Morgan fingerprint density at radius 1 is 2.00 bits per heavy atom. The van der Waals surface area contributed by atoms with Crippen molar-refractivity contribution >= 4 is 20.8 Å². The van der Waals surface area contributed by atoms with Crippen LogP contribution in [-0.2, 0) is 29.2 Å². The number of hydrogen-bond acceptors (Lipinski definition) is 5. The van der Waals surface area contributed by atoms with E-state index in [0.717, 1.165) is 0 Å². The van der Waals surface area contributed by atoms with Gasteiger partial charge in [-0.05, 0) is 0 Å². The number of aliphatic hydroxyl groups excluding tert-OH is 1. The summed E-state index contributed by atoms with van der Waals surface area (Å²) in [5.41, 5.74) is 0. The van der Waals surface area contributed by atoms with Crippen molar-refractivity contribution in [1.82, 2.24) is 0 Å². The molecule has 0 atom stereocenters. The zero-order valence-electron chi connectivity index (χ0n) is 3.99. The van der Waals surface area contributed by atoms with Crippen LogP contribution in [0.25, 0.3) is 0 Å². The minimum Gasteiger partial charge on any atom is -0.511 e. The lowest BCUT2D eigenvalue weighted by atomic mass is 10.6. The monoisotopic (exact) mass is 153 g/mol. The smallest absolute Gasteiger partial charge is 0.109 e. The Morgan fingerprint density at radius 2 is 2.50 bits per heavy atom. The highest BCUT2D eigenvalue weighted by Crippen LogP contribution is 1.82. The van der Waals surface area contributed by atoms with Gasteiger partial charge in [-0.25, -0.2) is 11.2 Å². The third-order valence-corrected chi connectivity index (χ3v) is 0.921. The van der Waals surface area contributed by atoms with E-state index in [1.165, 1.54) is 0 Å². The summed E-state index contributed by atoms with van der Waals surface area (Å²) >= 11 is 4.10. The number of aliphatic hydroxyl groups is 1. The third-order valence-electron chi connectivity index (χ3n) is 0.322. The van der Waals surface area contributed by atoms with Gasteiger partial charge >= 0.3 is 0 Å². The molecule has 0 rings (SSSR count). The van der Waals surface area contributed by atoms with Crippen LogP contribution in [0, 0.1) is 0 Å². The molecule has 3 nitrogen and oxygen atoms in total.